The van der Waals surface area contributed by atoms with Crippen molar-refractivity contribution in [2.24, 2.45) is 0 Å². The van der Waals surface area contributed by atoms with E-state index in [4.69, 9.17) is 0 Å². The van der Waals surface area contributed by atoms with E-state index in [0.29, 0.717) is 13.1 Å². The number of nitrogens with zero attached hydrogens (tertiary/aromatic N) is 3. The molecule has 0 aromatic carbocycles. The first kappa shape index (κ1) is 15.6. The minimum absolute atomic E-state index is 0.0292. The average Bonchev–Trinajstić information content (AvgIpc) is 2.94. The van der Waals surface area contributed by atoms with Gasteiger partial charge < -0.3 is 5.32 Å². The van der Waals surface area contributed by atoms with E-state index in [1.54, 1.807) is 11.8 Å². The number of hydrogen-bond acceptors (Lipinski definition) is 5. The predicted molar refractivity (Wildman–Crippen MR) is 85.5 cm³/mol. The predicted octanol–water partition coefficient (Wildman–Crippen LogP) is 2.24. The number of amides is 1. The van der Waals surface area contributed by atoms with Gasteiger partial charge in [-0.3, -0.25) is 14.7 Å². The van der Waals surface area contributed by atoms with Crippen LogP contribution in [0.1, 0.15) is 25.2 Å². The van der Waals surface area contributed by atoms with E-state index in [0.717, 1.165) is 29.5 Å². The molecule has 0 saturated heterocycles. The fraction of sp³-hybridized carbons (Fsp3) is 0.400. The van der Waals surface area contributed by atoms with E-state index in [2.05, 4.69) is 15.3 Å². The van der Waals surface area contributed by atoms with Gasteiger partial charge in [-0.05, 0) is 19.1 Å². The van der Waals surface area contributed by atoms with Crippen molar-refractivity contribution in [1.29, 1.82) is 0 Å². The van der Waals surface area contributed by atoms with Crippen molar-refractivity contribution in [2.75, 3.05) is 18.0 Å². The Hall–Kier alpha value is -1.79. The molecule has 0 aliphatic rings. The van der Waals surface area contributed by atoms with Crippen LogP contribution in [0.5, 0.6) is 0 Å². The molecule has 0 atom stereocenters. The molecule has 0 fully saturated rings. The molecule has 0 saturated carbocycles. The smallest absolute Gasteiger partial charge is 0.225 e. The molecule has 0 radical (unpaired) electrons. The lowest BCUT2D eigenvalue weighted by Gasteiger charge is -2.14. The minimum atomic E-state index is 0.0292. The molecule has 0 aliphatic heterocycles. The van der Waals surface area contributed by atoms with Gasteiger partial charge in [-0.1, -0.05) is 6.07 Å². The van der Waals surface area contributed by atoms with Gasteiger partial charge in [0.1, 0.15) is 0 Å². The third-order valence-electron chi connectivity index (χ3n) is 3.06. The van der Waals surface area contributed by atoms with Crippen LogP contribution in [-0.4, -0.2) is 29.0 Å². The number of carbonyl (C=O) groups is 1. The number of pyridine rings is 1. The molecule has 6 heteroatoms. The maximum Gasteiger partial charge on any atom is 0.225 e. The van der Waals surface area contributed by atoms with Crippen molar-refractivity contribution in [1.82, 2.24) is 15.3 Å². The van der Waals surface area contributed by atoms with Crippen molar-refractivity contribution in [2.45, 2.75) is 26.8 Å². The first-order valence-corrected chi connectivity index (χ1v) is 7.91. The number of nitrogens with one attached hydrogen (secondary N) is 1. The molecule has 0 unspecified atom stereocenters. The SMILES string of the molecule is CCN(C(C)=O)c1nc(CNCCc2ccccn2)cs1. The summed E-state index contributed by atoms with van der Waals surface area (Å²) in [4.78, 5) is 21.9. The fourth-order valence-corrected chi connectivity index (χ4v) is 2.91. The second kappa shape index (κ2) is 7.85. The van der Waals surface area contributed by atoms with Crippen LogP contribution in [0, 0.1) is 0 Å². The van der Waals surface area contributed by atoms with Gasteiger partial charge in [-0.25, -0.2) is 4.98 Å². The Morgan fingerprint density at radius 3 is 2.90 bits per heavy atom. The van der Waals surface area contributed by atoms with E-state index in [-0.39, 0.29) is 5.91 Å². The molecule has 21 heavy (non-hydrogen) atoms. The van der Waals surface area contributed by atoms with Crippen molar-refractivity contribution in [3.63, 3.8) is 0 Å². The summed E-state index contributed by atoms with van der Waals surface area (Å²) in [7, 11) is 0. The lowest BCUT2D eigenvalue weighted by molar-refractivity contribution is -0.116. The lowest BCUT2D eigenvalue weighted by Crippen LogP contribution is -2.27. The molecule has 0 spiro atoms. The largest absolute Gasteiger partial charge is 0.311 e. The second-order valence-corrected chi connectivity index (χ2v) is 5.47. The summed E-state index contributed by atoms with van der Waals surface area (Å²) in [6.07, 6.45) is 2.70. The minimum Gasteiger partial charge on any atom is -0.311 e. The van der Waals surface area contributed by atoms with Crippen LogP contribution in [0.4, 0.5) is 5.13 Å². The van der Waals surface area contributed by atoms with E-state index >= 15 is 0 Å². The van der Waals surface area contributed by atoms with Crippen molar-refractivity contribution < 1.29 is 4.79 Å². The van der Waals surface area contributed by atoms with E-state index in [1.165, 1.54) is 11.3 Å². The highest BCUT2D eigenvalue weighted by Crippen LogP contribution is 2.20. The van der Waals surface area contributed by atoms with Gasteiger partial charge in [0.25, 0.3) is 0 Å². The van der Waals surface area contributed by atoms with Crippen LogP contribution in [0.15, 0.2) is 29.8 Å². The molecular weight excluding hydrogens is 284 g/mol. The van der Waals surface area contributed by atoms with Gasteiger partial charge in [0.15, 0.2) is 5.13 Å². The summed E-state index contributed by atoms with van der Waals surface area (Å²) in [5.41, 5.74) is 2.05. The first-order chi connectivity index (χ1) is 10.2. The van der Waals surface area contributed by atoms with Gasteiger partial charge in [-0.2, -0.15) is 0 Å². The Labute approximate surface area is 129 Å². The Balaban J connectivity index is 1.79. The van der Waals surface area contributed by atoms with Crippen LogP contribution >= 0.6 is 11.3 Å². The van der Waals surface area contributed by atoms with Gasteiger partial charge in [0, 0.05) is 50.2 Å². The first-order valence-electron chi connectivity index (χ1n) is 7.04. The fourth-order valence-electron chi connectivity index (χ4n) is 1.97. The van der Waals surface area contributed by atoms with Gasteiger partial charge in [-0.15, -0.1) is 11.3 Å². The van der Waals surface area contributed by atoms with Crippen LogP contribution in [-0.2, 0) is 17.8 Å². The van der Waals surface area contributed by atoms with Crippen LogP contribution in [0.3, 0.4) is 0 Å². The van der Waals surface area contributed by atoms with Crippen LogP contribution in [0.2, 0.25) is 0 Å². The number of aromatic nitrogens is 2. The molecular formula is C15H20N4OS. The Bertz CT molecular complexity index is 570. The quantitative estimate of drug-likeness (QED) is 0.797. The summed E-state index contributed by atoms with van der Waals surface area (Å²) in [5.74, 6) is 0.0292. The molecule has 0 bridgehead atoms. The van der Waals surface area contributed by atoms with Crippen LogP contribution < -0.4 is 10.2 Å². The normalized spacial score (nSPS) is 10.6. The second-order valence-electron chi connectivity index (χ2n) is 4.63. The third-order valence-corrected chi connectivity index (χ3v) is 3.97. The Morgan fingerprint density at radius 2 is 2.24 bits per heavy atom. The molecule has 2 aromatic heterocycles. The molecule has 2 rings (SSSR count). The van der Waals surface area contributed by atoms with Crippen molar-refractivity contribution >= 4 is 22.4 Å². The Morgan fingerprint density at radius 1 is 1.38 bits per heavy atom. The standard InChI is InChI=1S/C15H20N4OS/c1-3-19(12(2)20)15-18-14(11-21-15)10-16-9-7-13-6-4-5-8-17-13/h4-6,8,11,16H,3,7,9-10H2,1-2H3. The zero-order valence-electron chi connectivity index (χ0n) is 12.4. The van der Waals surface area contributed by atoms with E-state index in [9.17, 15) is 4.79 Å². The van der Waals surface area contributed by atoms with Crippen LogP contribution in [0.25, 0.3) is 0 Å². The molecule has 1 amide bonds. The summed E-state index contributed by atoms with van der Waals surface area (Å²) < 4.78 is 0. The molecule has 1 N–H and O–H groups in total. The van der Waals surface area contributed by atoms with E-state index < -0.39 is 0 Å². The number of rotatable bonds is 7. The highest BCUT2D eigenvalue weighted by Gasteiger charge is 2.12. The van der Waals surface area contributed by atoms with Crippen molar-refractivity contribution in [3.05, 3.63) is 41.2 Å². The maximum atomic E-state index is 11.5. The molecule has 2 aromatic rings. The van der Waals surface area contributed by atoms with Gasteiger partial charge in [0.2, 0.25) is 5.91 Å². The topological polar surface area (TPSA) is 58.1 Å². The number of thiazole rings is 1. The lowest BCUT2D eigenvalue weighted by atomic mass is 10.3. The maximum absolute atomic E-state index is 11.5. The average molecular weight is 304 g/mol. The van der Waals surface area contributed by atoms with E-state index in [1.807, 2.05) is 36.7 Å². The summed E-state index contributed by atoms with van der Waals surface area (Å²) in [5, 5.41) is 6.12. The summed E-state index contributed by atoms with van der Waals surface area (Å²) in [6.45, 7) is 5.73. The van der Waals surface area contributed by atoms with Gasteiger partial charge in [0.05, 0.1) is 5.69 Å². The zero-order valence-corrected chi connectivity index (χ0v) is 13.2. The summed E-state index contributed by atoms with van der Waals surface area (Å²) in [6, 6.07) is 5.94. The monoisotopic (exact) mass is 304 g/mol. The molecule has 5 nitrogen and oxygen atoms in total. The number of carbonyl (C=O) groups excluding carboxylic acids is 1. The van der Waals surface area contributed by atoms with Crippen molar-refractivity contribution in [3.8, 4) is 0 Å². The Kier molecular flexibility index (Phi) is 5.83. The third kappa shape index (κ3) is 4.61. The zero-order chi connectivity index (χ0) is 15.1. The summed E-state index contributed by atoms with van der Waals surface area (Å²) >= 11 is 1.51. The van der Waals surface area contributed by atoms with Gasteiger partial charge >= 0.3 is 0 Å². The highest BCUT2D eigenvalue weighted by atomic mass is 32.1. The molecule has 112 valence electrons. The molecule has 0 aliphatic carbocycles. The highest BCUT2D eigenvalue weighted by molar-refractivity contribution is 7.14. The number of hydrogen-bond donors (Lipinski definition) is 1. The molecule has 2 heterocycles. The number of anilines is 1.